The van der Waals surface area contributed by atoms with Gasteiger partial charge >= 0.3 is 0 Å². The van der Waals surface area contributed by atoms with Gasteiger partial charge in [-0.25, -0.2) is 13.8 Å². The van der Waals surface area contributed by atoms with Crippen LogP contribution in [0, 0.1) is 5.92 Å². The average Bonchev–Trinajstić information content (AvgIpc) is 2.66. The summed E-state index contributed by atoms with van der Waals surface area (Å²) in [4.78, 5) is 12.4. The molecule has 0 spiro atoms. The number of rotatable bonds is 7. The lowest BCUT2D eigenvalue weighted by molar-refractivity contribution is 0.0954. The zero-order valence-electron chi connectivity index (χ0n) is 14.9. The van der Waals surface area contributed by atoms with Crippen LogP contribution in [0.4, 0.5) is 0 Å². The second-order valence-electron chi connectivity index (χ2n) is 6.29. The maximum atomic E-state index is 12.7. The van der Waals surface area contributed by atoms with E-state index in [4.69, 9.17) is 0 Å². The standard InChI is InChI=1S/C18H27N3O3S/c1-3-15(4-2)14-19-20-18(22)16-9-8-10-17(13-16)25(23,24)21-11-6-5-7-12-21/h8-10,13-15H,3-7,11-12H2,1-2H3,(H,20,22)/b19-14-. The van der Waals surface area contributed by atoms with E-state index in [1.807, 2.05) is 0 Å². The van der Waals surface area contributed by atoms with Crippen LogP contribution in [0.3, 0.4) is 0 Å². The van der Waals surface area contributed by atoms with Crippen molar-refractivity contribution in [2.45, 2.75) is 50.8 Å². The highest BCUT2D eigenvalue weighted by atomic mass is 32.2. The van der Waals surface area contributed by atoms with Gasteiger partial charge in [-0.2, -0.15) is 9.41 Å². The molecular formula is C18H27N3O3S. The summed E-state index contributed by atoms with van der Waals surface area (Å²) in [6.07, 6.45) is 6.46. The van der Waals surface area contributed by atoms with E-state index in [2.05, 4.69) is 24.4 Å². The molecule has 6 nitrogen and oxygen atoms in total. The van der Waals surface area contributed by atoms with Gasteiger partial charge in [0.05, 0.1) is 4.90 Å². The average molecular weight is 365 g/mol. The van der Waals surface area contributed by atoms with E-state index in [0.717, 1.165) is 32.1 Å². The van der Waals surface area contributed by atoms with Crippen LogP contribution >= 0.6 is 0 Å². The van der Waals surface area contributed by atoms with Crippen molar-refractivity contribution < 1.29 is 13.2 Å². The second-order valence-corrected chi connectivity index (χ2v) is 8.23. The fourth-order valence-corrected chi connectivity index (χ4v) is 4.38. The minimum absolute atomic E-state index is 0.158. The first-order chi connectivity index (χ1) is 12.0. The van der Waals surface area contributed by atoms with Crippen LogP contribution in [0.1, 0.15) is 56.3 Å². The van der Waals surface area contributed by atoms with E-state index in [9.17, 15) is 13.2 Å². The molecule has 2 rings (SSSR count). The van der Waals surface area contributed by atoms with Crippen LogP contribution in [0.5, 0.6) is 0 Å². The molecule has 138 valence electrons. The largest absolute Gasteiger partial charge is 0.271 e. The fourth-order valence-electron chi connectivity index (χ4n) is 2.82. The molecule has 0 atom stereocenters. The predicted molar refractivity (Wildman–Crippen MR) is 99.1 cm³/mol. The molecular weight excluding hydrogens is 338 g/mol. The summed E-state index contributed by atoms with van der Waals surface area (Å²) in [5.41, 5.74) is 2.77. The molecule has 0 aliphatic carbocycles. The highest BCUT2D eigenvalue weighted by Crippen LogP contribution is 2.21. The van der Waals surface area contributed by atoms with Crippen LogP contribution in [-0.2, 0) is 10.0 Å². The maximum Gasteiger partial charge on any atom is 0.271 e. The third-order valence-electron chi connectivity index (χ3n) is 4.55. The van der Waals surface area contributed by atoms with E-state index >= 15 is 0 Å². The first-order valence-corrected chi connectivity index (χ1v) is 10.4. The molecule has 1 N–H and O–H groups in total. The van der Waals surface area contributed by atoms with Gasteiger partial charge < -0.3 is 0 Å². The minimum Gasteiger partial charge on any atom is -0.267 e. The molecule has 25 heavy (non-hydrogen) atoms. The summed E-state index contributed by atoms with van der Waals surface area (Å²) in [7, 11) is -3.54. The Bertz CT molecular complexity index is 706. The normalized spacial score (nSPS) is 16.4. The zero-order valence-corrected chi connectivity index (χ0v) is 15.8. The van der Waals surface area contributed by atoms with Crippen molar-refractivity contribution in [2.75, 3.05) is 13.1 Å². The van der Waals surface area contributed by atoms with Crippen LogP contribution < -0.4 is 5.43 Å². The molecule has 0 bridgehead atoms. The fraction of sp³-hybridized carbons (Fsp3) is 0.556. The SMILES string of the molecule is CCC(/C=N\NC(=O)c1cccc(S(=O)(=O)N2CCCCC2)c1)CC. The number of sulfonamides is 1. The van der Waals surface area contributed by atoms with Gasteiger partial charge in [-0.1, -0.05) is 26.3 Å². The number of amides is 1. The van der Waals surface area contributed by atoms with Crippen LogP contribution in [0.2, 0.25) is 0 Å². The van der Waals surface area contributed by atoms with E-state index in [1.54, 1.807) is 18.3 Å². The Morgan fingerprint density at radius 3 is 2.56 bits per heavy atom. The van der Waals surface area contributed by atoms with Crippen molar-refractivity contribution in [2.24, 2.45) is 11.0 Å². The summed E-state index contributed by atoms with van der Waals surface area (Å²) in [6.45, 7) is 5.21. The Labute approximate surface area is 150 Å². The highest BCUT2D eigenvalue weighted by molar-refractivity contribution is 7.89. The Kier molecular flexibility index (Phi) is 7.13. The van der Waals surface area contributed by atoms with Crippen molar-refractivity contribution in [1.82, 2.24) is 9.73 Å². The minimum atomic E-state index is -3.54. The third-order valence-corrected chi connectivity index (χ3v) is 6.44. The molecule has 0 saturated carbocycles. The molecule has 1 amide bonds. The van der Waals surface area contributed by atoms with Gasteiger partial charge in [0.2, 0.25) is 10.0 Å². The van der Waals surface area contributed by atoms with Gasteiger partial charge in [-0.3, -0.25) is 4.79 Å². The van der Waals surface area contributed by atoms with E-state index < -0.39 is 15.9 Å². The predicted octanol–water partition coefficient (Wildman–Crippen LogP) is 3.01. The number of hydrazone groups is 1. The molecule has 1 aliphatic rings. The van der Waals surface area contributed by atoms with Gasteiger partial charge in [-0.15, -0.1) is 0 Å². The summed E-state index contributed by atoms with van der Waals surface area (Å²) in [5, 5.41) is 3.99. The van der Waals surface area contributed by atoms with Gasteiger partial charge in [0.1, 0.15) is 0 Å². The van der Waals surface area contributed by atoms with Gasteiger partial charge in [0.25, 0.3) is 5.91 Å². The second kappa shape index (κ2) is 9.10. The van der Waals surface area contributed by atoms with Crippen LogP contribution in [0.25, 0.3) is 0 Å². The highest BCUT2D eigenvalue weighted by Gasteiger charge is 2.26. The first-order valence-electron chi connectivity index (χ1n) is 8.92. The van der Waals surface area contributed by atoms with E-state index in [-0.39, 0.29) is 4.90 Å². The Morgan fingerprint density at radius 1 is 1.24 bits per heavy atom. The summed E-state index contributed by atoms with van der Waals surface area (Å²) in [6, 6.07) is 6.15. The molecule has 7 heteroatoms. The summed E-state index contributed by atoms with van der Waals surface area (Å²) >= 11 is 0. The number of nitrogens with one attached hydrogen (secondary N) is 1. The topological polar surface area (TPSA) is 78.8 Å². The van der Waals surface area contributed by atoms with Crippen molar-refractivity contribution in [3.05, 3.63) is 29.8 Å². The molecule has 1 fully saturated rings. The van der Waals surface area contributed by atoms with Crippen molar-refractivity contribution in [1.29, 1.82) is 0 Å². The van der Waals surface area contributed by atoms with Gasteiger partial charge in [0.15, 0.2) is 0 Å². The number of hydrogen-bond donors (Lipinski definition) is 1. The van der Waals surface area contributed by atoms with Gasteiger partial charge in [0, 0.05) is 24.9 Å². The number of carbonyl (C=O) groups excluding carboxylic acids is 1. The van der Waals surface area contributed by atoms with Crippen LogP contribution in [-0.4, -0.2) is 37.9 Å². The number of benzene rings is 1. The summed E-state index contributed by atoms with van der Waals surface area (Å²) in [5.74, 6) is -0.0796. The Morgan fingerprint density at radius 2 is 1.92 bits per heavy atom. The van der Waals surface area contributed by atoms with Crippen molar-refractivity contribution in [3.63, 3.8) is 0 Å². The lowest BCUT2D eigenvalue weighted by Gasteiger charge is -2.25. The molecule has 0 unspecified atom stereocenters. The van der Waals surface area contributed by atoms with Gasteiger partial charge in [-0.05, 0) is 49.8 Å². The molecule has 1 aromatic rings. The Hall–Kier alpha value is -1.73. The molecule has 1 saturated heterocycles. The molecule has 1 aliphatic heterocycles. The molecule has 1 aromatic carbocycles. The van der Waals surface area contributed by atoms with Crippen LogP contribution in [0.15, 0.2) is 34.3 Å². The Balaban J connectivity index is 2.11. The maximum absolute atomic E-state index is 12.7. The lowest BCUT2D eigenvalue weighted by Crippen LogP contribution is -2.35. The number of carbonyl (C=O) groups is 1. The summed E-state index contributed by atoms with van der Waals surface area (Å²) < 4.78 is 26.9. The molecule has 0 radical (unpaired) electrons. The number of nitrogens with zero attached hydrogens (tertiary/aromatic N) is 2. The molecule has 1 heterocycles. The van der Waals surface area contributed by atoms with E-state index in [0.29, 0.717) is 24.6 Å². The van der Waals surface area contributed by atoms with Crippen molar-refractivity contribution in [3.8, 4) is 0 Å². The first kappa shape index (κ1) is 19.6. The monoisotopic (exact) mass is 365 g/mol. The van der Waals surface area contributed by atoms with E-state index in [1.165, 1.54) is 16.4 Å². The smallest absolute Gasteiger partial charge is 0.267 e. The number of piperidine rings is 1. The van der Waals surface area contributed by atoms with Crippen molar-refractivity contribution >= 4 is 22.1 Å². The lowest BCUT2D eigenvalue weighted by atomic mass is 10.1. The number of hydrogen-bond acceptors (Lipinski definition) is 4. The third kappa shape index (κ3) is 5.12. The molecule has 0 aromatic heterocycles. The quantitative estimate of drug-likeness (QED) is 0.596. The zero-order chi connectivity index (χ0) is 18.3.